The first kappa shape index (κ1) is 13.5. The first-order valence-corrected chi connectivity index (χ1v) is 6.37. The molecule has 1 aromatic rings. The highest BCUT2D eigenvalue weighted by atomic mass is 35.5. The van der Waals surface area contributed by atoms with Crippen LogP contribution in [0.1, 0.15) is 0 Å². The topological polar surface area (TPSA) is 67.3 Å². The number of nitrogens with one attached hydrogen (secondary N) is 1. The zero-order valence-corrected chi connectivity index (χ0v) is 10.5. The number of thioether (sulfide) groups is 1. The number of anilines is 1. The molecule has 16 heavy (non-hydrogen) atoms. The summed E-state index contributed by atoms with van der Waals surface area (Å²) in [7, 11) is 0. The maximum Gasteiger partial charge on any atom is 0.190 e. The van der Waals surface area contributed by atoms with E-state index in [1.165, 1.54) is 11.8 Å². The summed E-state index contributed by atoms with van der Waals surface area (Å²) in [6.45, 7) is 1.51. The maximum atomic E-state index is 8.50. The predicted octanol–water partition coefficient (Wildman–Crippen LogP) is 1.27. The minimum atomic E-state index is 0.0377. The van der Waals surface area contributed by atoms with Crippen LogP contribution in [-0.4, -0.2) is 47.7 Å². The number of aliphatic hydroxyl groups excluding tert-OH is 1. The van der Waals surface area contributed by atoms with Crippen LogP contribution < -0.4 is 5.32 Å². The van der Waals surface area contributed by atoms with Crippen molar-refractivity contribution in [3.05, 3.63) is 11.2 Å². The molecule has 0 amide bonds. The Balaban J connectivity index is 2.38. The van der Waals surface area contributed by atoms with Crippen LogP contribution in [0, 0.1) is 0 Å². The highest BCUT2D eigenvalue weighted by Crippen LogP contribution is 2.16. The fourth-order valence-electron chi connectivity index (χ4n) is 0.997. The number of hydrogen-bond acceptors (Lipinski definition) is 6. The highest BCUT2D eigenvalue weighted by Gasteiger charge is 2.01. The van der Waals surface area contributed by atoms with Crippen LogP contribution in [0.3, 0.4) is 0 Å². The summed E-state index contributed by atoms with van der Waals surface area (Å²) in [5.41, 5.74) is 0. The Bertz CT molecular complexity index is 328. The van der Waals surface area contributed by atoms with Crippen molar-refractivity contribution in [2.24, 2.45) is 0 Å². The number of aliphatic hydroxyl groups is 1. The standard InChI is InChI=1S/C9H14ClN3O2S/c1-16-9-12-7(10)6-8(13-9)11-2-4-15-5-3-14/h6,14H,2-5H2,1H3,(H,11,12,13). The summed E-state index contributed by atoms with van der Waals surface area (Å²) >= 11 is 7.26. The third-order valence-corrected chi connectivity index (χ3v) is 2.39. The van der Waals surface area contributed by atoms with E-state index in [2.05, 4.69) is 15.3 Å². The van der Waals surface area contributed by atoms with E-state index in [4.69, 9.17) is 21.4 Å². The number of halogens is 1. The van der Waals surface area contributed by atoms with Crippen LogP contribution in [0.2, 0.25) is 5.15 Å². The molecule has 0 unspecified atom stereocenters. The molecule has 0 saturated carbocycles. The molecule has 0 saturated heterocycles. The van der Waals surface area contributed by atoms with Gasteiger partial charge in [0.2, 0.25) is 0 Å². The Hall–Kier alpha value is -0.560. The summed E-state index contributed by atoms with van der Waals surface area (Å²) in [6, 6.07) is 1.66. The van der Waals surface area contributed by atoms with Gasteiger partial charge in [-0.15, -0.1) is 0 Å². The maximum absolute atomic E-state index is 8.50. The van der Waals surface area contributed by atoms with Crippen molar-refractivity contribution < 1.29 is 9.84 Å². The van der Waals surface area contributed by atoms with Gasteiger partial charge in [-0.05, 0) is 6.26 Å². The number of hydrogen-bond donors (Lipinski definition) is 2. The molecule has 0 fully saturated rings. The van der Waals surface area contributed by atoms with Crippen molar-refractivity contribution in [2.75, 3.05) is 37.9 Å². The van der Waals surface area contributed by atoms with E-state index < -0.39 is 0 Å². The van der Waals surface area contributed by atoms with E-state index in [-0.39, 0.29) is 6.61 Å². The molecular weight excluding hydrogens is 250 g/mol. The van der Waals surface area contributed by atoms with Gasteiger partial charge in [0.15, 0.2) is 5.16 Å². The largest absolute Gasteiger partial charge is 0.394 e. The van der Waals surface area contributed by atoms with Crippen molar-refractivity contribution in [3.8, 4) is 0 Å². The molecule has 1 rings (SSSR count). The molecule has 0 aliphatic rings. The van der Waals surface area contributed by atoms with E-state index in [1.807, 2.05) is 6.26 Å². The predicted molar refractivity (Wildman–Crippen MR) is 65.2 cm³/mol. The average Bonchev–Trinajstić information content (AvgIpc) is 2.28. The normalized spacial score (nSPS) is 10.4. The van der Waals surface area contributed by atoms with Crippen molar-refractivity contribution in [2.45, 2.75) is 5.16 Å². The molecule has 0 aromatic carbocycles. The second kappa shape index (κ2) is 7.67. The van der Waals surface area contributed by atoms with Gasteiger partial charge in [0.25, 0.3) is 0 Å². The smallest absolute Gasteiger partial charge is 0.190 e. The third kappa shape index (κ3) is 4.98. The number of rotatable bonds is 7. The SMILES string of the molecule is CSc1nc(Cl)cc(NCCOCCO)n1. The molecular formula is C9H14ClN3O2S. The van der Waals surface area contributed by atoms with E-state index in [0.29, 0.717) is 35.9 Å². The van der Waals surface area contributed by atoms with Gasteiger partial charge in [0, 0.05) is 12.6 Å². The molecule has 0 atom stereocenters. The van der Waals surface area contributed by atoms with E-state index in [9.17, 15) is 0 Å². The molecule has 0 radical (unpaired) electrons. The molecule has 0 aliphatic carbocycles. The van der Waals surface area contributed by atoms with Crippen LogP contribution in [0.25, 0.3) is 0 Å². The Morgan fingerprint density at radius 2 is 2.31 bits per heavy atom. The third-order valence-electron chi connectivity index (χ3n) is 1.65. The van der Waals surface area contributed by atoms with Crippen molar-refractivity contribution in [3.63, 3.8) is 0 Å². The molecule has 0 spiro atoms. The van der Waals surface area contributed by atoms with Crippen LogP contribution in [0.4, 0.5) is 5.82 Å². The Kier molecular flexibility index (Phi) is 6.47. The van der Waals surface area contributed by atoms with Crippen molar-refractivity contribution in [1.29, 1.82) is 0 Å². The molecule has 0 aliphatic heterocycles. The first-order chi connectivity index (χ1) is 7.76. The van der Waals surface area contributed by atoms with E-state index in [0.717, 1.165) is 0 Å². The Labute approximate surface area is 104 Å². The summed E-state index contributed by atoms with van der Waals surface area (Å²) < 4.78 is 5.10. The number of nitrogens with zero attached hydrogens (tertiary/aromatic N) is 2. The van der Waals surface area contributed by atoms with Crippen molar-refractivity contribution >= 4 is 29.2 Å². The fourth-order valence-corrected chi connectivity index (χ4v) is 1.61. The van der Waals surface area contributed by atoms with Crippen LogP contribution in [-0.2, 0) is 4.74 Å². The van der Waals surface area contributed by atoms with Gasteiger partial charge in [0.05, 0.1) is 19.8 Å². The van der Waals surface area contributed by atoms with Crippen LogP contribution in [0.5, 0.6) is 0 Å². The zero-order valence-electron chi connectivity index (χ0n) is 8.94. The monoisotopic (exact) mass is 263 g/mol. The van der Waals surface area contributed by atoms with Gasteiger partial charge in [-0.3, -0.25) is 0 Å². The van der Waals surface area contributed by atoms with Gasteiger partial charge >= 0.3 is 0 Å². The van der Waals surface area contributed by atoms with Crippen LogP contribution >= 0.6 is 23.4 Å². The number of aromatic nitrogens is 2. The lowest BCUT2D eigenvalue weighted by Gasteiger charge is -2.07. The second-order valence-corrected chi connectivity index (χ2v) is 3.99. The number of ether oxygens (including phenoxy) is 1. The van der Waals surface area contributed by atoms with E-state index >= 15 is 0 Å². The summed E-state index contributed by atoms with van der Waals surface area (Å²) in [5, 5.41) is 12.6. The summed E-state index contributed by atoms with van der Waals surface area (Å²) in [4.78, 5) is 8.24. The van der Waals surface area contributed by atoms with Gasteiger partial charge in [0.1, 0.15) is 11.0 Å². The fraction of sp³-hybridized carbons (Fsp3) is 0.556. The molecule has 90 valence electrons. The van der Waals surface area contributed by atoms with Gasteiger partial charge < -0.3 is 15.2 Å². The van der Waals surface area contributed by atoms with E-state index in [1.54, 1.807) is 6.07 Å². The minimum absolute atomic E-state index is 0.0377. The average molecular weight is 264 g/mol. The lowest BCUT2D eigenvalue weighted by atomic mass is 10.5. The Morgan fingerprint density at radius 3 is 3.00 bits per heavy atom. The zero-order chi connectivity index (χ0) is 11.8. The Morgan fingerprint density at radius 1 is 1.50 bits per heavy atom. The van der Waals surface area contributed by atoms with Crippen LogP contribution in [0.15, 0.2) is 11.2 Å². The van der Waals surface area contributed by atoms with Crippen molar-refractivity contribution in [1.82, 2.24) is 9.97 Å². The molecule has 7 heteroatoms. The summed E-state index contributed by atoms with van der Waals surface area (Å²) in [5.74, 6) is 0.678. The molecule has 1 heterocycles. The molecule has 1 aromatic heterocycles. The van der Waals surface area contributed by atoms with Gasteiger partial charge in [-0.1, -0.05) is 23.4 Å². The molecule has 0 bridgehead atoms. The lowest BCUT2D eigenvalue weighted by molar-refractivity contribution is 0.0992. The molecule has 2 N–H and O–H groups in total. The lowest BCUT2D eigenvalue weighted by Crippen LogP contribution is -2.12. The first-order valence-electron chi connectivity index (χ1n) is 4.77. The summed E-state index contributed by atoms with van der Waals surface area (Å²) in [6.07, 6.45) is 1.89. The quantitative estimate of drug-likeness (QED) is 0.334. The van der Waals surface area contributed by atoms with Gasteiger partial charge in [-0.25, -0.2) is 9.97 Å². The van der Waals surface area contributed by atoms with Gasteiger partial charge in [-0.2, -0.15) is 0 Å². The molecule has 5 nitrogen and oxygen atoms in total. The highest BCUT2D eigenvalue weighted by molar-refractivity contribution is 7.98. The second-order valence-electron chi connectivity index (χ2n) is 2.83. The minimum Gasteiger partial charge on any atom is -0.394 e.